The quantitative estimate of drug-likeness (QED) is 0.812. The summed E-state index contributed by atoms with van der Waals surface area (Å²) >= 11 is 0. The predicted octanol–water partition coefficient (Wildman–Crippen LogP) is 2.83. The molecule has 0 amide bonds. The van der Waals surface area contributed by atoms with Crippen molar-refractivity contribution < 1.29 is 4.74 Å². The fraction of sp³-hybridized carbons (Fsp3) is 1.00. The van der Waals surface area contributed by atoms with Crippen LogP contribution in [0.5, 0.6) is 0 Å². The monoisotopic (exact) mass is 237 g/mol. The molecule has 0 aromatic rings. The molecule has 0 aromatic heterocycles. The van der Waals surface area contributed by atoms with E-state index in [-0.39, 0.29) is 0 Å². The molecule has 17 heavy (non-hydrogen) atoms. The Bertz CT molecular complexity index is 254. The largest absolute Gasteiger partial charge is 0.384 e. The minimum Gasteiger partial charge on any atom is -0.384 e. The highest BCUT2D eigenvalue weighted by Gasteiger charge is 2.53. The van der Waals surface area contributed by atoms with Gasteiger partial charge in [0, 0.05) is 12.5 Å². The van der Waals surface area contributed by atoms with Crippen LogP contribution in [0.3, 0.4) is 0 Å². The molecule has 2 atom stereocenters. The maximum absolute atomic E-state index is 5.65. The Labute approximate surface area is 105 Å². The van der Waals surface area contributed by atoms with Crippen molar-refractivity contribution in [1.82, 2.24) is 5.32 Å². The number of ether oxygens (including phenoxy) is 1. The highest BCUT2D eigenvalue weighted by molar-refractivity contribution is 5.03. The summed E-state index contributed by atoms with van der Waals surface area (Å²) in [6.45, 7) is 3.48. The van der Waals surface area contributed by atoms with Gasteiger partial charge in [0.25, 0.3) is 0 Å². The Kier molecular flexibility index (Phi) is 3.45. The number of hydrogen-bond acceptors (Lipinski definition) is 2. The average molecular weight is 237 g/mol. The van der Waals surface area contributed by atoms with Gasteiger partial charge in [-0.1, -0.05) is 25.7 Å². The smallest absolute Gasteiger partial charge is 0.0525 e. The summed E-state index contributed by atoms with van der Waals surface area (Å²) < 4.78 is 5.65. The van der Waals surface area contributed by atoms with Crippen LogP contribution in [0.2, 0.25) is 0 Å². The number of rotatable bonds is 4. The van der Waals surface area contributed by atoms with Crippen molar-refractivity contribution in [3.8, 4) is 0 Å². The highest BCUT2D eigenvalue weighted by atomic mass is 16.5. The van der Waals surface area contributed by atoms with Gasteiger partial charge in [-0.2, -0.15) is 0 Å². The summed E-state index contributed by atoms with van der Waals surface area (Å²) in [6.07, 6.45) is 10.2. The molecule has 1 saturated heterocycles. The van der Waals surface area contributed by atoms with Crippen LogP contribution in [0.15, 0.2) is 0 Å². The second-order valence-corrected chi connectivity index (χ2v) is 6.55. The van der Waals surface area contributed by atoms with Gasteiger partial charge in [-0.3, -0.25) is 0 Å². The predicted molar refractivity (Wildman–Crippen MR) is 70.0 cm³/mol. The van der Waals surface area contributed by atoms with Gasteiger partial charge in [0.1, 0.15) is 0 Å². The first kappa shape index (κ1) is 12.0. The third-order valence-corrected chi connectivity index (χ3v) is 5.64. The van der Waals surface area contributed by atoms with Gasteiger partial charge in [-0.25, -0.2) is 0 Å². The lowest BCUT2D eigenvalue weighted by Crippen LogP contribution is -2.51. The van der Waals surface area contributed by atoms with Crippen molar-refractivity contribution in [3.05, 3.63) is 0 Å². The number of methoxy groups -OCH3 is 1. The zero-order valence-electron chi connectivity index (χ0n) is 11.2. The van der Waals surface area contributed by atoms with Crippen molar-refractivity contribution in [1.29, 1.82) is 0 Å². The Hall–Kier alpha value is -0.0800. The molecule has 0 bridgehead atoms. The first-order valence-corrected chi connectivity index (χ1v) is 7.56. The molecule has 2 nitrogen and oxygen atoms in total. The van der Waals surface area contributed by atoms with Gasteiger partial charge < -0.3 is 10.1 Å². The van der Waals surface area contributed by atoms with Crippen LogP contribution >= 0.6 is 0 Å². The lowest BCUT2D eigenvalue weighted by atomic mass is 9.62. The van der Waals surface area contributed by atoms with Gasteiger partial charge in [-0.15, -0.1) is 0 Å². The van der Waals surface area contributed by atoms with E-state index in [2.05, 4.69) is 5.32 Å². The van der Waals surface area contributed by atoms with Crippen LogP contribution in [0, 0.1) is 23.2 Å². The maximum atomic E-state index is 5.65. The van der Waals surface area contributed by atoms with E-state index >= 15 is 0 Å². The lowest BCUT2D eigenvalue weighted by molar-refractivity contribution is -0.0326. The minimum absolute atomic E-state index is 0.537. The van der Waals surface area contributed by atoms with Crippen LogP contribution < -0.4 is 5.32 Å². The molecule has 3 aliphatic rings. The molecule has 1 N–H and O–H groups in total. The van der Waals surface area contributed by atoms with E-state index < -0.39 is 0 Å². The second-order valence-electron chi connectivity index (χ2n) is 6.55. The van der Waals surface area contributed by atoms with Crippen molar-refractivity contribution >= 4 is 0 Å². The summed E-state index contributed by atoms with van der Waals surface area (Å²) in [6, 6.07) is 0. The molecule has 2 aliphatic carbocycles. The summed E-state index contributed by atoms with van der Waals surface area (Å²) in [5.74, 6) is 2.86. The topological polar surface area (TPSA) is 21.3 Å². The Morgan fingerprint density at radius 3 is 2.59 bits per heavy atom. The molecule has 0 spiro atoms. The van der Waals surface area contributed by atoms with E-state index in [1.807, 2.05) is 7.11 Å². The highest BCUT2D eigenvalue weighted by Crippen LogP contribution is 2.56. The van der Waals surface area contributed by atoms with E-state index in [0.717, 1.165) is 24.4 Å². The van der Waals surface area contributed by atoms with Crippen molar-refractivity contribution in [2.24, 2.45) is 23.2 Å². The molecule has 2 unspecified atom stereocenters. The fourth-order valence-corrected chi connectivity index (χ4v) is 4.69. The third kappa shape index (κ3) is 2.15. The molecule has 3 rings (SSSR count). The molecular weight excluding hydrogens is 210 g/mol. The van der Waals surface area contributed by atoms with Gasteiger partial charge in [0.2, 0.25) is 0 Å². The molecule has 3 fully saturated rings. The van der Waals surface area contributed by atoms with E-state index in [9.17, 15) is 0 Å². The van der Waals surface area contributed by atoms with E-state index in [0.29, 0.717) is 5.41 Å². The molecule has 2 saturated carbocycles. The second kappa shape index (κ2) is 4.89. The summed E-state index contributed by atoms with van der Waals surface area (Å²) in [4.78, 5) is 0. The molecule has 98 valence electrons. The normalized spacial score (nSPS) is 39.7. The molecule has 2 heteroatoms. The Morgan fingerprint density at radius 2 is 1.94 bits per heavy atom. The third-order valence-electron chi connectivity index (χ3n) is 5.64. The zero-order chi connectivity index (χ0) is 11.7. The van der Waals surface area contributed by atoms with E-state index in [1.54, 1.807) is 0 Å². The van der Waals surface area contributed by atoms with Gasteiger partial charge in [0.05, 0.1) is 6.61 Å². The van der Waals surface area contributed by atoms with Crippen LogP contribution in [0.4, 0.5) is 0 Å². The number of hydrogen-bond donors (Lipinski definition) is 1. The molecular formula is C15H27NO. The Morgan fingerprint density at radius 1 is 1.18 bits per heavy atom. The summed E-state index contributed by atoms with van der Waals surface area (Å²) in [5.41, 5.74) is 0.537. The van der Waals surface area contributed by atoms with Gasteiger partial charge in [-0.05, 0) is 50.1 Å². The average Bonchev–Trinajstić information content (AvgIpc) is 3.08. The van der Waals surface area contributed by atoms with E-state index in [4.69, 9.17) is 4.74 Å². The first-order valence-electron chi connectivity index (χ1n) is 7.56. The van der Waals surface area contributed by atoms with Crippen molar-refractivity contribution in [2.75, 3.05) is 26.8 Å². The van der Waals surface area contributed by atoms with Crippen molar-refractivity contribution in [3.63, 3.8) is 0 Å². The number of nitrogens with one attached hydrogen (secondary N) is 1. The van der Waals surface area contributed by atoms with Crippen LogP contribution in [-0.4, -0.2) is 26.8 Å². The molecule has 0 radical (unpaired) electrons. The summed E-state index contributed by atoms with van der Waals surface area (Å²) in [5, 5.41) is 3.65. The van der Waals surface area contributed by atoms with Crippen LogP contribution in [0.1, 0.15) is 44.9 Å². The van der Waals surface area contributed by atoms with Gasteiger partial charge in [0.15, 0.2) is 0 Å². The molecule has 1 heterocycles. The lowest BCUT2D eigenvalue weighted by Gasteiger charge is -2.47. The standard InChI is InChI=1S/C15H27NO/c1-17-11-15(13-6-7-13)8-9-16-10-14(15)12-4-2-3-5-12/h12-14,16H,2-11H2,1H3. The zero-order valence-corrected chi connectivity index (χ0v) is 11.2. The first-order chi connectivity index (χ1) is 8.37. The minimum atomic E-state index is 0.537. The molecule has 1 aliphatic heterocycles. The fourth-order valence-electron chi connectivity index (χ4n) is 4.69. The van der Waals surface area contributed by atoms with Crippen molar-refractivity contribution in [2.45, 2.75) is 44.9 Å². The van der Waals surface area contributed by atoms with Crippen LogP contribution in [0.25, 0.3) is 0 Å². The van der Waals surface area contributed by atoms with Crippen LogP contribution in [-0.2, 0) is 4.74 Å². The maximum Gasteiger partial charge on any atom is 0.0525 e. The van der Waals surface area contributed by atoms with Gasteiger partial charge >= 0.3 is 0 Å². The Balaban J connectivity index is 1.80. The summed E-state index contributed by atoms with van der Waals surface area (Å²) in [7, 11) is 1.90. The SMILES string of the molecule is COCC1(C2CC2)CCNCC1C1CCCC1. The molecule has 0 aromatic carbocycles. The van der Waals surface area contributed by atoms with E-state index in [1.165, 1.54) is 58.0 Å². The number of piperidine rings is 1.